The number of nitrogens with zero attached hydrogens (tertiary/aromatic N) is 1. The summed E-state index contributed by atoms with van der Waals surface area (Å²) >= 11 is 0. The third kappa shape index (κ3) is 10.7. The van der Waals surface area contributed by atoms with Gasteiger partial charge in [-0.25, -0.2) is 0 Å². The maximum atomic E-state index is 10.1. The zero-order valence-electron chi connectivity index (χ0n) is 8.16. The predicted molar refractivity (Wildman–Crippen MR) is 51.9 cm³/mol. The highest BCUT2D eigenvalue weighted by Gasteiger charge is 1.96. The molecule has 4 heteroatoms. The van der Waals surface area contributed by atoms with Crippen LogP contribution >= 0.6 is 0 Å². The summed E-state index contributed by atoms with van der Waals surface area (Å²) in [5.41, 5.74) is 4.90. The minimum absolute atomic E-state index is 0.196. The summed E-state index contributed by atoms with van der Waals surface area (Å²) in [6, 6.07) is 1.83. The lowest BCUT2D eigenvalue weighted by Crippen LogP contribution is -2.10. The second kappa shape index (κ2) is 7.34. The summed E-state index contributed by atoms with van der Waals surface area (Å²) in [6.45, 7) is 4.14. The summed E-state index contributed by atoms with van der Waals surface area (Å²) in [4.78, 5) is 10.1. The molecule has 74 valence electrons. The molecule has 4 nitrogen and oxygen atoms in total. The van der Waals surface area contributed by atoms with Gasteiger partial charge in [0.1, 0.15) is 0 Å². The second-order valence-corrected chi connectivity index (χ2v) is 3.17. The van der Waals surface area contributed by atoms with Gasteiger partial charge in [0, 0.05) is 18.8 Å². The minimum atomic E-state index is -0.196. The van der Waals surface area contributed by atoms with Gasteiger partial charge in [0.25, 0.3) is 0 Å². The summed E-state index contributed by atoms with van der Waals surface area (Å²) < 4.78 is 0. The third-order valence-corrected chi connectivity index (χ3v) is 1.37. The van der Waals surface area contributed by atoms with Crippen LogP contribution < -0.4 is 5.73 Å². The van der Waals surface area contributed by atoms with Gasteiger partial charge < -0.3 is 5.73 Å². The number of aromatic nitrogens is 2. The molecule has 0 saturated heterocycles. The molecule has 3 N–H and O–H groups in total. The molecule has 0 atom stereocenters. The monoisotopic (exact) mass is 183 g/mol. The Hall–Kier alpha value is -1.32. The van der Waals surface area contributed by atoms with Gasteiger partial charge in [-0.15, -0.1) is 0 Å². The fraction of sp³-hybridized carbons (Fsp3) is 0.556. The van der Waals surface area contributed by atoms with Crippen molar-refractivity contribution in [2.75, 3.05) is 0 Å². The number of hydrogen-bond donors (Lipinski definition) is 2. The van der Waals surface area contributed by atoms with Crippen LogP contribution in [-0.4, -0.2) is 16.1 Å². The first kappa shape index (κ1) is 11.7. The molecular formula is C9H17N3O. The van der Waals surface area contributed by atoms with Crippen molar-refractivity contribution in [1.82, 2.24) is 10.2 Å². The molecule has 1 amide bonds. The lowest BCUT2D eigenvalue weighted by molar-refractivity contribution is -0.118. The topological polar surface area (TPSA) is 71.8 Å². The largest absolute Gasteiger partial charge is 0.370 e. The van der Waals surface area contributed by atoms with E-state index < -0.39 is 0 Å². The number of hydrogen-bond acceptors (Lipinski definition) is 2. The number of nitrogens with one attached hydrogen (secondary N) is 1. The van der Waals surface area contributed by atoms with E-state index in [-0.39, 0.29) is 5.91 Å². The van der Waals surface area contributed by atoms with Crippen molar-refractivity contribution < 1.29 is 4.79 Å². The Morgan fingerprint density at radius 1 is 1.62 bits per heavy atom. The fourth-order valence-electron chi connectivity index (χ4n) is 0.646. The molecule has 1 aromatic rings. The Bertz CT molecular complexity index is 189. The van der Waals surface area contributed by atoms with Crippen molar-refractivity contribution in [2.24, 2.45) is 11.7 Å². The first-order valence-electron chi connectivity index (χ1n) is 4.35. The van der Waals surface area contributed by atoms with Crippen LogP contribution in [0.2, 0.25) is 0 Å². The smallest absolute Gasteiger partial charge is 0.217 e. The number of rotatable bonds is 3. The number of amides is 1. The van der Waals surface area contributed by atoms with Crippen LogP contribution in [0.1, 0.15) is 26.7 Å². The van der Waals surface area contributed by atoms with E-state index >= 15 is 0 Å². The van der Waals surface area contributed by atoms with Crippen molar-refractivity contribution in [3.63, 3.8) is 0 Å². The van der Waals surface area contributed by atoms with E-state index in [0.717, 1.165) is 6.42 Å². The van der Waals surface area contributed by atoms with Crippen molar-refractivity contribution in [3.8, 4) is 0 Å². The Labute approximate surface area is 78.5 Å². The predicted octanol–water partition coefficient (Wildman–Crippen LogP) is 1.32. The molecule has 0 aliphatic carbocycles. The molecule has 0 aromatic carbocycles. The molecule has 0 aliphatic heterocycles. The molecule has 0 unspecified atom stereocenters. The number of carbonyl (C=O) groups is 1. The van der Waals surface area contributed by atoms with Gasteiger partial charge in [-0.3, -0.25) is 9.89 Å². The SMILES string of the molecule is CC(C)CCC(N)=O.c1cn[nH]c1. The summed E-state index contributed by atoms with van der Waals surface area (Å²) in [6.07, 6.45) is 4.90. The van der Waals surface area contributed by atoms with Gasteiger partial charge in [0.15, 0.2) is 0 Å². The minimum Gasteiger partial charge on any atom is -0.370 e. The normalized spacial score (nSPS) is 9.15. The number of aromatic amines is 1. The molecule has 0 spiro atoms. The molecule has 1 rings (SSSR count). The molecule has 1 heterocycles. The maximum absolute atomic E-state index is 10.1. The zero-order valence-corrected chi connectivity index (χ0v) is 8.16. The highest BCUT2D eigenvalue weighted by Crippen LogP contribution is 2.01. The van der Waals surface area contributed by atoms with Gasteiger partial charge >= 0.3 is 0 Å². The number of H-pyrrole nitrogens is 1. The van der Waals surface area contributed by atoms with Crippen LogP contribution in [0.3, 0.4) is 0 Å². The average molecular weight is 183 g/mol. The lowest BCUT2D eigenvalue weighted by Gasteiger charge is -1.98. The first-order chi connectivity index (χ1) is 6.13. The Kier molecular flexibility index (Phi) is 6.59. The van der Waals surface area contributed by atoms with E-state index in [4.69, 9.17) is 5.73 Å². The summed E-state index contributed by atoms with van der Waals surface area (Å²) in [7, 11) is 0. The van der Waals surface area contributed by atoms with Crippen LogP contribution in [0.5, 0.6) is 0 Å². The van der Waals surface area contributed by atoms with E-state index in [2.05, 4.69) is 24.0 Å². The average Bonchev–Trinajstić information content (AvgIpc) is 2.57. The molecule has 0 radical (unpaired) electrons. The van der Waals surface area contributed by atoms with E-state index in [1.54, 1.807) is 12.4 Å². The Morgan fingerprint density at radius 3 is 2.46 bits per heavy atom. The number of primary amides is 1. The van der Waals surface area contributed by atoms with Crippen LogP contribution in [0.25, 0.3) is 0 Å². The number of nitrogens with two attached hydrogens (primary N) is 1. The number of carbonyl (C=O) groups excluding carboxylic acids is 1. The summed E-state index contributed by atoms with van der Waals surface area (Å²) in [5.74, 6) is 0.390. The summed E-state index contributed by atoms with van der Waals surface area (Å²) in [5, 5.41) is 6.21. The second-order valence-electron chi connectivity index (χ2n) is 3.17. The highest BCUT2D eigenvalue weighted by atomic mass is 16.1. The van der Waals surface area contributed by atoms with Gasteiger partial charge in [-0.05, 0) is 18.4 Å². The maximum Gasteiger partial charge on any atom is 0.217 e. The van der Waals surface area contributed by atoms with Crippen LogP contribution in [0.15, 0.2) is 18.5 Å². The van der Waals surface area contributed by atoms with E-state index in [1.807, 2.05) is 6.07 Å². The molecular weight excluding hydrogens is 166 g/mol. The highest BCUT2D eigenvalue weighted by molar-refractivity contribution is 5.73. The molecule has 13 heavy (non-hydrogen) atoms. The molecule has 0 fully saturated rings. The molecule has 0 aliphatic rings. The quantitative estimate of drug-likeness (QED) is 0.741. The fourth-order valence-corrected chi connectivity index (χ4v) is 0.646. The van der Waals surface area contributed by atoms with Gasteiger partial charge in [0.2, 0.25) is 5.91 Å². The Balaban J connectivity index is 0.000000243. The van der Waals surface area contributed by atoms with Crippen molar-refractivity contribution >= 4 is 5.91 Å². The molecule has 0 bridgehead atoms. The first-order valence-corrected chi connectivity index (χ1v) is 4.35. The van der Waals surface area contributed by atoms with Gasteiger partial charge in [-0.1, -0.05) is 13.8 Å². The van der Waals surface area contributed by atoms with Crippen LogP contribution in [0.4, 0.5) is 0 Å². The van der Waals surface area contributed by atoms with E-state index in [1.165, 1.54) is 0 Å². The van der Waals surface area contributed by atoms with Crippen LogP contribution in [0, 0.1) is 5.92 Å². The molecule has 0 saturated carbocycles. The van der Waals surface area contributed by atoms with Crippen molar-refractivity contribution in [3.05, 3.63) is 18.5 Å². The Morgan fingerprint density at radius 2 is 2.31 bits per heavy atom. The van der Waals surface area contributed by atoms with Crippen molar-refractivity contribution in [1.29, 1.82) is 0 Å². The van der Waals surface area contributed by atoms with E-state index in [9.17, 15) is 4.79 Å². The van der Waals surface area contributed by atoms with E-state index in [0.29, 0.717) is 12.3 Å². The molecule has 1 aromatic heterocycles. The van der Waals surface area contributed by atoms with Crippen molar-refractivity contribution in [2.45, 2.75) is 26.7 Å². The lowest BCUT2D eigenvalue weighted by atomic mass is 10.1. The van der Waals surface area contributed by atoms with Gasteiger partial charge in [0.05, 0.1) is 0 Å². The van der Waals surface area contributed by atoms with Gasteiger partial charge in [-0.2, -0.15) is 5.10 Å². The zero-order chi connectivity index (χ0) is 10.1. The third-order valence-electron chi connectivity index (χ3n) is 1.37. The van der Waals surface area contributed by atoms with Crippen LogP contribution in [-0.2, 0) is 4.79 Å². The standard InChI is InChI=1S/C6H13NO.C3H4N2/c1-5(2)3-4-6(7)8;1-2-4-5-3-1/h5H,3-4H2,1-2H3,(H2,7,8);1-3H,(H,4,5).